The maximum absolute atomic E-state index is 12.0. The van der Waals surface area contributed by atoms with Crippen molar-refractivity contribution in [1.29, 1.82) is 0 Å². The molecule has 20 heavy (non-hydrogen) atoms. The van der Waals surface area contributed by atoms with Gasteiger partial charge in [0.05, 0.1) is 0 Å². The van der Waals surface area contributed by atoms with Gasteiger partial charge in [0.25, 0.3) is 5.79 Å². The highest BCUT2D eigenvalue weighted by Gasteiger charge is 2.74. The quantitative estimate of drug-likeness (QED) is 0.586. The van der Waals surface area contributed by atoms with Crippen LogP contribution in [0.15, 0.2) is 23.3 Å². The minimum atomic E-state index is -1.27. The van der Waals surface area contributed by atoms with E-state index >= 15 is 0 Å². The molecule has 0 aromatic carbocycles. The molecule has 4 rings (SSSR count). The smallest absolute Gasteiger partial charge is 0.336 e. The first-order valence-corrected chi connectivity index (χ1v) is 7.23. The molecule has 0 bridgehead atoms. The van der Waals surface area contributed by atoms with Gasteiger partial charge in [0.1, 0.15) is 6.10 Å². The monoisotopic (exact) mass is 276 g/mol. The lowest BCUT2D eigenvalue weighted by atomic mass is 9.60. The van der Waals surface area contributed by atoms with Crippen LogP contribution in [0, 0.1) is 23.2 Å². The summed E-state index contributed by atoms with van der Waals surface area (Å²) < 4.78 is 11.0. The molecule has 0 unspecified atom stereocenters. The Balaban J connectivity index is 1.89. The van der Waals surface area contributed by atoms with E-state index in [2.05, 4.69) is 13.5 Å². The Morgan fingerprint density at radius 1 is 1.50 bits per heavy atom. The van der Waals surface area contributed by atoms with E-state index in [9.17, 15) is 9.90 Å². The molecule has 1 aliphatic heterocycles. The molecular weight excluding hydrogens is 256 g/mol. The second-order valence-electron chi connectivity index (χ2n) is 6.91. The Hall–Kier alpha value is -1.13. The van der Waals surface area contributed by atoms with Crippen molar-refractivity contribution in [3.05, 3.63) is 23.3 Å². The summed E-state index contributed by atoms with van der Waals surface area (Å²) in [5.41, 5.74) is 2.33. The normalized spacial score (nSPS) is 52.6. The standard InChI is InChI=1S/C16H20O4/c1-7-9-5-12(9)15(3)10(7)6-11-8(2)13(17)20-16(11,19-4)14(15)18/h9-10,12,14,18H,1,5-6H2,2-4H3/t9-,10+,12-,14+,15-,16-/m1/s1. The number of esters is 1. The summed E-state index contributed by atoms with van der Waals surface area (Å²) >= 11 is 0. The van der Waals surface area contributed by atoms with Gasteiger partial charge in [-0.1, -0.05) is 19.1 Å². The van der Waals surface area contributed by atoms with Crippen LogP contribution in [0.2, 0.25) is 0 Å². The number of allylic oxidation sites excluding steroid dienone is 1. The van der Waals surface area contributed by atoms with Crippen molar-refractivity contribution in [3.8, 4) is 0 Å². The number of hydrogen-bond acceptors (Lipinski definition) is 4. The van der Waals surface area contributed by atoms with Crippen molar-refractivity contribution in [2.45, 2.75) is 38.6 Å². The zero-order valence-corrected chi connectivity index (χ0v) is 12.1. The summed E-state index contributed by atoms with van der Waals surface area (Å²) in [5.74, 6) is -0.442. The highest BCUT2D eigenvalue weighted by Crippen LogP contribution is 2.73. The number of hydrogen-bond donors (Lipinski definition) is 1. The number of carbonyl (C=O) groups excluding carboxylic acids is 1. The molecule has 3 aliphatic carbocycles. The molecule has 4 nitrogen and oxygen atoms in total. The van der Waals surface area contributed by atoms with Crippen LogP contribution in [0.5, 0.6) is 0 Å². The van der Waals surface area contributed by atoms with Gasteiger partial charge in [0, 0.05) is 23.7 Å². The van der Waals surface area contributed by atoms with Gasteiger partial charge in [-0.3, -0.25) is 0 Å². The Labute approximate surface area is 118 Å². The maximum Gasteiger partial charge on any atom is 0.336 e. The molecule has 4 heteroatoms. The predicted molar refractivity (Wildman–Crippen MR) is 71.5 cm³/mol. The Kier molecular flexibility index (Phi) is 2.12. The lowest BCUT2D eigenvalue weighted by molar-refractivity contribution is -0.268. The highest BCUT2D eigenvalue weighted by molar-refractivity contribution is 5.92. The molecule has 0 aromatic heterocycles. The van der Waals surface area contributed by atoms with Gasteiger partial charge in [-0.05, 0) is 37.5 Å². The lowest BCUT2D eigenvalue weighted by Gasteiger charge is -2.51. The number of aliphatic hydroxyl groups is 1. The summed E-state index contributed by atoms with van der Waals surface area (Å²) in [6.07, 6.45) is 0.976. The Morgan fingerprint density at radius 2 is 2.20 bits per heavy atom. The fourth-order valence-electron chi connectivity index (χ4n) is 5.02. The zero-order chi connectivity index (χ0) is 14.4. The van der Waals surface area contributed by atoms with E-state index in [1.807, 2.05) is 0 Å². The van der Waals surface area contributed by atoms with Crippen molar-refractivity contribution < 1.29 is 19.4 Å². The van der Waals surface area contributed by atoms with Crippen LogP contribution in [-0.2, 0) is 14.3 Å². The fraction of sp³-hybridized carbons (Fsp3) is 0.688. The van der Waals surface area contributed by atoms with Gasteiger partial charge >= 0.3 is 5.97 Å². The van der Waals surface area contributed by atoms with E-state index in [-0.39, 0.29) is 17.3 Å². The van der Waals surface area contributed by atoms with Crippen molar-refractivity contribution in [1.82, 2.24) is 0 Å². The van der Waals surface area contributed by atoms with E-state index in [4.69, 9.17) is 9.47 Å². The number of carbonyl (C=O) groups is 1. The van der Waals surface area contributed by atoms with Gasteiger partial charge in [-0.25, -0.2) is 4.79 Å². The van der Waals surface area contributed by atoms with Gasteiger partial charge in [-0.15, -0.1) is 0 Å². The van der Waals surface area contributed by atoms with Gasteiger partial charge in [0.15, 0.2) is 0 Å². The number of fused-ring (bicyclic) bond motifs is 4. The van der Waals surface area contributed by atoms with Crippen LogP contribution in [0.4, 0.5) is 0 Å². The first-order chi connectivity index (χ1) is 9.37. The summed E-state index contributed by atoms with van der Waals surface area (Å²) in [4.78, 5) is 12.0. The summed E-state index contributed by atoms with van der Waals surface area (Å²) in [6.45, 7) is 8.11. The Bertz CT molecular complexity index is 577. The minimum Gasteiger partial charge on any atom is -0.423 e. The third-order valence-corrected chi connectivity index (χ3v) is 6.35. The molecule has 0 spiro atoms. The SMILES string of the molecule is C=C1[C@H]2C[C@H]2[C@]2(C)[C@H](O)[C@]3(OC)OC(=O)C(C)=C3C[C@@H]12. The average molecular weight is 276 g/mol. The van der Waals surface area contributed by atoms with Gasteiger partial charge in [0.2, 0.25) is 0 Å². The first-order valence-electron chi connectivity index (χ1n) is 7.23. The summed E-state index contributed by atoms with van der Waals surface area (Å²) in [7, 11) is 1.51. The van der Waals surface area contributed by atoms with Crippen LogP contribution in [-0.4, -0.2) is 30.1 Å². The number of ether oxygens (including phenoxy) is 2. The van der Waals surface area contributed by atoms with Crippen LogP contribution >= 0.6 is 0 Å². The van der Waals surface area contributed by atoms with Crippen molar-refractivity contribution in [2.24, 2.45) is 23.2 Å². The first kappa shape index (κ1) is 12.6. The van der Waals surface area contributed by atoms with Crippen LogP contribution in [0.1, 0.15) is 26.7 Å². The third kappa shape index (κ3) is 1.07. The Morgan fingerprint density at radius 3 is 2.85 bits per heavy atom. The molecule has 0 radical (unpaired) electrons. The third-order valence-electron chi connectivity index (χ3n) is 6.35. The lowest BCUT2D eigenvalue weighted by Crippen LogP contribution is -2.60. The van der Waals surface area contributed by atoms with E-state index < -0.39 is 11.9 Å². The van der Waals surface area contributed by atoms with E-state index in [1.165, 1.54) is 12.7 Å². The van der Waals surface area contributed by atoms with Crippen molar-refractivity contribution in [3.63, 3.8) is 0 Å². The molecule has 108 valence electrons. The second-order valence-corrected chi connectivity index (χ2v) is 6.91. The number of rotatable bonds is 1. The molecule has 0 amide bonds. The van der Waals surface area contributed by atoms with E-state index in [0.717, 1.165) is 12.0 Å². The van der Waals surface area contributed by atoms with Crippen LogP contribution in [0.3, 0.4) is 0 Å². The minimum absolute atomic E-state index is 0.226. The highest BCUT2D eigenvalue weighted by atomic mass is 16.7. The van der Waals surface area contributed by atoms with E-state index in [0.29, 0.717) is 23.8 Å². The molecule has 3 saturated carbocycles. The number of aliphatic hydroxyl groups excluding tert-OH is 1. The molecule has 4 aliphatic rings. The van der Waals surface area contributed by atoms with Gasteiger partial charge < -0.3 is 14.6 Å². The second kappa shape index (κ2) is 3.37. The summed E-state index contributed by atoms with van der Waals surface area (Å²) in [6, 6.07) is 0. The zero-order valence-electron chi connectivity index (χ0n) is 12.1. The van der Waals surface area contributed by atoms with Crippen LogP contribution < -0.4 is 0 Å². The van der Waals surface area contributed by atoms with Gasteiger partial charge in [-0.2, -0.15) is 0 Å². The molecule has 3 fully saturated rings. The fourth-order valence-corrected chi connectivity index (χ4v) is 5.02. The topological polar surface area (TPSA) is 55.8 Å². The molecule has 1 heterocycles. The molecular formula is C16H20O4. The van der Waals surface area contributed by atoms with Crippen LogP contribution in [0.25, 0.3) is 0 Å². The summed E-state index contributed by atoms with van der Waals surface area (Å²) in [5, 5.41) is 11.0. The average Bonchev–Trinajstić information content (AvgIpc) is 3.14. The van der Waals surface area contributed by atoms with E-state index in [1.54, 1.807) is 6.92 Å². The van der Waals surface area contributed by atoms with Crippen molar-refractivity contribution in [2.75, 3.05) is 7.11 Å². The largest absolute Gasteiger partial charge is 0.423 e. The maximum atomic E-state index is 12.0. The number of methoxy groups -OCH3 is 1. The molecule has 6 atom stereocenters. The van der Waals surface area contributed by atoms with Crippen molar-refractivity contribution >= 4 is 5.97 Å². The predicted octanol–water partition coefficient (Wildman–Crippen LogP) is 1.80. The molecule has 0 aromatic rings. The molecule has 1 N–H and O–H groups in total. The molecule has 0 saturated heterocycles.